The third kappa shape index (κ3) is 9.04. The highest BCUT2D eigenvalue weighted by Gasteiger charge is 2.53. The largest absolute Gasteiger partial charge is 0.453 e. The maximum Gasteiger partial charge on any atom is 0.358 e. The molecule has 0 saturated carbocycles. The number of rotatable bonds is 16. The van der Waals surface area contributed by atoms with Gasteiger partial charge in [0.05, 0.1) is 32.0 Å². The van der Waals surface area contributed by atoms with Crippen LogP contribution in [0.4, 0.5) is 0 Å². The van der Waals surface area contributed by atoms with Gasteiger partial charge in [0.25, 0.3) is 0 Å². The Morgan fingerprint density at radius 2 is 1.68 bits per heavy atom. The van der Waals surface area contributed by atoms with Crippen molar-refractivity contribution in [2.24, 2.45) is 0 Å². The summed E-state index contributed by atoms with van der Waals surface area (Å²) in [4.78, 5) is 39.0. The molecular weight excluding hydrogens is 545 g/mol. The fourth-order valence-corrected chi connectivity index (χ4v) is 5.63. The second-order valence-corrected chi connectivity index (χ2v) is 11.2. The van der Waals surface area contributed by atoms with Gasteiger partial charge in [-0.05, 0) is 39.8 Å². The summed E-state index contributed by atoms with van der Waals surface area (Å²) in [5, 5.41) is 11.0. The van der Waals surface area contributed by atoms with Crippen LogP contribution in [0, 0.1) is 0 Å². The van der Waals surface area contributed by atoms with Gasteiger partial charge in [-0.2, -0.15) is 0 Å². The van der Waals surface area contributed by atoms with Gasteiger partial charge in [-0.15, -0.1) is 0 Å². The zero-order chi connectivity index (χ0) is 29.9. The van der Waals surface area contributed by atoms with E-state index in [2.05, 4.69) is 0 Å². The van der Waals surface area contributed by atoms with E-state index in [0.717, 1.165) is 0 Å². The van der Waals surface area contributed by atoms with Gasteiger partial charge in [0.1, 0.15) is 12.2 Å². The molecule has 1 heterocycles. The standard InChI is InChI=1S/C27H40NO11P/c1-7-36-40(33,37-8-2)23(31)16-22-24(39-27(32)21-12-10-9-11-13-21)25(35-15-14-34-6)26(38-22)28(20(5)30)17-18(3)19(4)29/h9-13,17,22-26,31H,7-8,14-16H2,1-6H3/b18-17-/t22-,23?,24-,25-,26-/m1/s1. The molecule has 0 bridgehead atoms. The molecule has 0 spiro atoms. The minimum Gasteiger partial charge on any atom is -0.453 e. The number of carbonyl (C=O) groups excluding carboxylic acids is 3. The van der Waals surface area contributed by atoms with Crippen LogP contribution in [0.25, 0.3) is 0 Å². The highest BCUT2D eigenvalue weighted by molar-refractivity contribution is 7.54. The van der Waals surface area contributed by atoms with E-state index >= 15 is 0 Å². The number of allylic oxidation sites excluding steroid dienone is 1. The van der Waals surface area contributed by atoms with Gasteiger partial charge in [-0.1, -0.05) is 18.2 Å². The second-order valence-electron chi connectivity index (χ2n) is 9.02. The first-order valence-electron chi connectivity index (χ1n) is 13.1. The Bertz CT molecular complexity index is 1050. The Morgan fingerprint density at radius 1 is 1.05 bits per heavy atom. The third-order valence-corrected chi connectivity index (χ3v) is 8.26. The first-order chi connectivity index (χ1) is 19.0. The highest BCUT2D eigenvalue weighted by atomic mass is 31.2. The third-order valence-electron chi connectivity index (χ3n) is 6.09. The Balaban J connectivity index is 2.55. The zero-order valence-corrected chi connectivity index (χ0v) is 24.7. The predicted molar refractivity (Wildman–Crippen MR) is 144 cm³/mol. The lowest BCUT2D eigenvalue weighted by Crippen LogP contribution is -2.47. The average Bonchev–Trinajstić information content (AvgIpc) is 3.23. The van der Waals surface area contributed by atoms with Gasteiger partial charge in [-0.3, -0.25) is 19.1 Å². The molecule has 2 rings (SSSR count). The molecule has 1 aliphatic rings. The van der Waals surface area contributed by atoms with Gasteiger partial charge < -0.3 is 33.1 Å². The molecule has 1 amide bonds. The number of aliphatic hydroxyl groups excluding tert-OH is 1. The second kappa shape index (κ2) is 16.1. The van der Waals surface area contributed by atoms with Crippen LogP contribution in [0.5, 0.6) is 0 Å². The van der Waals surface area contributed by atoms with Crippen molar-refractivity contribution in [1.29, 1.82) is 0 Å². The van der Waals surface area contributed by atoms with E-state index in [0.29, 0.717) is 0 Å². The van der Waals surface area contributed by atoms with Crippen molar-refractivity contribution in [3.05, 3.63) is 47.7 Å². The van der Waals surface area contributed by atoms with E-state index in [4.69, 9.17) is 28.0 Å². The van der Waals surface area contributed by atoms with Crippen molar-refractivity contribution in [2.75, 3.05) is 33.5 Å². The fourth-order valence-electron chi connectivity index (χ4n) is 4.02. The van der Waals surface area contributed by atoms with Gasteiger partial charge in [-0.25, -0.2) is 4.79 Å². The quantitative estimate of drug-likeness (QED) is 0.132. The number of methoxy groups -OCH3 is 1. The SMILES string of the molecule is CCOP(=O)(OCC)C(O)C[C@H]1O[C@@H](N(/C=C(/C)C(C)=O)C(C)=O)[C@H](OCCOC)[C@@H]1OC(=O)c1ccccc1. The molecule has 1 unspecified atom stereocenters. The monoisotopic (exact) mass is 585 g/mol. The van der Waals surface area contributed by atoms with Crippen LogP contribution >= 0.6 is 7.60 Å². The van der Waals surface area contributed by atoms with E-state index in [1.54, 1.807) is 51.1 Å². The Morgan fingerprint density at radius 3 is 2.20 bits per heavy atom. The molecule has 13 heteroatoms. The van der Waals surface area contributed by atoms with Crippen LogP contribution in [0.2, 0.25) is 0 Å². The molecule has 0 aliphatic carbocycles. The number of ether oxygens (including phenoxy) is 4. The van der Waals surface area contributed by atoms with Gasteiger partial charge in [0.15, 0.2) is 24.0 Å². The minimum atomic E-state index is -3.99. The van der Waals surface area contributed by atoms with Gasteiger partial charge >= 0.3 is 13.6 Å². The van der Waals surface area contributed by atoms with E-state index < -0.39 is 49.9 Å². The highest BCUT2D eigenvalue weighted by Crippen LogP contribution is 2.54. The number of nitrogens with zero attached hydrogens (tertiary/aromatic N) is 1. The van der Waals surface area contributed by atoms with E-state index in [1.807, 2.05) is 0 Å². The van der Waals surface area contributed by atoms with E-state index in [9.17, 15) is 24.1 Å². The topological polar surface area (TPSA) is 147 Å². The molecular formula is C27H40NO11P. The summed E-state index contributed by atoms with van der Waals surface area (Å²) >= 11 is 0. The van der Waals surface area contributed by atoms with Gasteiger partial charge in [0, 0.05) is 32.2 Å². The number of amides is 1. The molecule has 1 aliphatic heterocycles. The molecule has 1 N–H and O–H groups in total. The molecule has 1 saturated heterocycles. The normalized spacial score (nSPS) is 22.1. The lowest BCUT2D eigenvalue weighted by molar-refractivity contribution is -0.147. The van der Waals surface area contributed by atoms with Crippen LogP contribution < -0.4 is 0 Å². The van der Waals surface area contributed by atoms with Gasteiger partial charge in [0.2, 0.25) is 5.91 Å². The number of carbonyl (C=O) groups is 3. The summed E-state index contributed by atoms with van der Waals surface area (Å²) in [6, 6.07) is 8.23. The van der Waals surface area contributed by atoms with Crippen LogP contribution in [0.3, 0.4) is 0 Å². The summed E-state index contributed by atoms with van der Waals surface area (Å²) in [5.74, 6) is -3.09. The molecule has 40 heavy (non-hydrogen) atoms. The molecule has 12 nitrogen and oxygen atoms in total. The lowest BCUT2D eigenvalue weighted by Gasteiger charge is -2.30. The molecule has 0 aromatic heterocycles. The Labute approximate surface area is 235 Å². The van der Waals surface area contributed by atoms with Crippen molar-refractivity contribution in [2.45, 2.75) is 71.4 Å². The number of hydrogen-bond donors (Lipinski definition) is 1. The maximum atomic E-state index is 13.3. The number of Topliss-reactive ketones (excluding diaryl/α,β-unsaturated/α-hetero) is 1. The minimum absolute atomic E-state index is 0.0187. The van der Waals surface area contributed by atoms with E-state index in [1.165, 1.54) is 32.1 Å². The van der Waals surface area contributed by atoms with Crippen molar-refractivity contribution in [1.82, 2.24) is 4.90 Å². The predicted octanol–water partition coefficient (Wildman–Crippen LogP) is 3.28. The van der Waals surface area contributed by atoms with Crippen molar-refractivity contribution in [3.63, 3.8) is 0 Å². The summed E-state index contributed by atoms with van der Waals surface area (Å²) in [6.45, 7) is 7.67. The number of aliphatic hydroxyl groups is 1. The van der Waals surface area contributed by atoms with Crippen LogP contribution in [-0.2, 0) is 42.1 Å². The van der Waals surface area contributed by atoms with Crippen LogP contribution in [0.1, 0.15) is 51.4 Å². The van der Waals surface area contributed by atoms with Crippen molar-refractivity contribution < 1.29 is 52.1 Å². The van der Waals surface area contributed by atoms with E-state index in [-0.39, 0.29) is 49.8 Å². The van der Waals surface area contributed by atoms with Crippen LogP contribution in [-0.4, -0.2) is 91.6 Å². The molecule has 1 aromatic carbocycles. The first kappa shape index (κ1) is 33.8. The smallest absolute Gasteiger partial charge is 0.358 e. The Hall–Kier alpha value is -2.44. The number of benzene rings is 1. The number of esters is 1. The number of ketones is 1. The molecule has 224 valence electrons. The zero-order valence-electron chi connectivity index (χ0n) is 23.8. The molecule has 0 radical (unpaired) electrons. The van der Waals surface area contributed by atoms with Crippen LogP contribution in [0.15, 0.2) is 42.1 Å². The summed E-state index contributed by atoms with van der Waals surface area (Å²) < 4.78 is 47.0. The number of hydrogen-bond acceptors (Lipinski definition) is 11. The first-order valence-corrected chi connectivity index (χ1v) is 14.7. The van der Waals surface area contributed by atoms with Crippen molar-refractivity contribution in [3.8, 4) is 0 Å². The van der Waals surface area contributed by atoms with Crippen molar-refractivity contribution >= 4 is 25.3 Å². The fraction of sp³-hybridized carbons (Fsp3) is 0.593. The summed E-state index contributed by atoms with van der Waals surface area (Å²) in [5.41, 5.74) is 0.527. The average molecular weight is 586 g/mol. The maximum absolute atomic E-state index is 13.3. The lowest BCUT2D eigenvalue weighted by atomic mass is 10.1. The molecule has 1 aromatic rings. The summed E-state index contributed by atoms with van der Waals surface area (Å²) in [7, 11) is -2.50. The molecule has 5 atom stereocenters. The Kier molecular flexibility index (Phi) is 13.6. The summed E-state index contributed by atoms with van der Waals surface area (Å²) in [6.07, 6.45) is -3.53. The molecule has 1 fully saturated rings.